The van der Waals surface area contributed by atoms with Crippen LogP contribution in [0.3, 0.4) is 0 Å². The molecule has 2 heterocycles. The number of aliphatic imine (C=N–C) groups is 2. The van der Waals surface area contributed by atoms with Gasteiger partial charge in [0.25, 0.3) is 0 Å². The molecule has 2 aromatic rings. The minimum atomic E-state index is -0.531. The molecule has 0 bridgehead atoms. The Labute approximate surface area is 221 Å². The molecule has 4 atom stereocenters. The first-order valence-electron chi connectivity index (χ1n) is 9.95. The smallest absolute Gasteiger partial charge is 1.00 e. The quantitative estimate of drug-likeness (QED) is 0.341. The Morgan fingerprint density at radius 1 is 0.706 bits per heavy atom. The van der Waals surface area contributed by atoms with Gasteiger partial charge in [0.1, 0.15) is 23.6 Å². The first-order chi connectivity index (χ1) is 15.1. The van der Waals surface area contributed by atoms with Crippen LogP contribution in [-0.4, -0.2) is 52.8 Å². The summed E-state index contributed by atoms with van der Waals surface area (Å²) in [4.78, 5) is 9.44. The molecule has 0 radical (unpaired) electrons. The standard InChI is InChI=1S/C23H26N2O6.2ClH.Ni/c1-26-16-9-5-7-14(11-16)20-22(28-3)30-18(24-20)13-19-25-21(23(29-4)31-19)15-8-6-10-17(12-15)27-2;;;/h5-12,20-23H,13H2,1-4H3;2*1H;/q;;;+2/p-2/t20-,21-,22?,23?;;;/m1.../s1. The predicted molar refractivity (Wildman–Crippen MR) is 115 cm³/mol. The third-order valence-corrected chi connectivity index (χ3v) is 5.22. The summed E-state index contributed by atoms with van der Waals surface area (Å²) in [5.41, 5.74) is 1.89. The molecule has 8 nitrogen and oxygen atoms in total. The molecule has 2 aliphatic rings. The molecule has 0 N–H and O–H groups in total. The van der Waals surface area contributed by atoms with Crippen molar-refractivity contribution in [2.24, 2.45) is 9.98 Å². The minimum Gasteiger partial charge on any atom is -1.00 e. The van der Waals surface area contributed by atoms with Crippen LogP contribution in [-0.2, 0) is 35.4 Å². The topological polar surface area (TPSA) is 80.1 Å². The summed E-state index contributed by atoms with van der Waals surface area (Å²) >= 11 is 0. The van der Waals surface area contributed by atoms with Gasteiger partial charge in [0.15, 0.2) is 11.8 Å². The first kappa shape index (κ1) is 30.0. The number of halogens is 2. The van der Waals surface area contributed by atoms with Gasteiger partial charge in [0.2, 0.25) is 12.6 Å². The molecule has 2 aromatic carbocycles. The Morgan fingerprint density at radius 3 is 1.47 bits per heavy atom. The monoisotopic (exact) mass is 554 g/mol. The van der Waals surface area contributed by atoms with Gasteiger partial charge in [-0.1, -0.05) is 24.3 Å². The van der Waals surface area contributed by atoms with E-state index in [1.807, 2.05) is 48.5 Å². The zero-order valence-electron chi connectivity index (χ0n) is 19.1. The van der Waals surface area contributed by atoms with Crippen molar-refractivity contribution >= 4 is 11.8 Å². The molecule has 34 heavy (non-hydrogen) atoms. The normalized spacial score (nSPS) is 22.6. The Kier molecular flexibility index (Phi) is 12.1. The van der Waals surface area contributed by atoms with Crippen LogP contribution in [0.1, 0.15) is 29.6 Å². The minimum absolute atomic E-state index is 0. The SMILES string of the molecule is COc1cccc([C@H]2N=C(CC3=N[C@H](c4cccc(OC)c4)C(OC)O3)OC2OC)c1.[Cl-].[Cl-].[Ni+2]. The van der Waals surface area contributed by atoms with Crippen LogP contribution < -0.4 is 34.3 Å². The zero-order valence-corrected chi connectivity index (χ0v) is 21.6. The zero-order chi connectivity index (χ0) is 21.8. The predicted octanol–water partition coefficient (Wildman–Crippen LogP) is -2.32. The molecule has 0 fully saturated rings. The fraction of sp³-hybridized carbons (Fsp3) is 0.391. The number of hydrogen-bond acceptors (Lipinski definition) is 8. The van der Waals surface area contributed by atoms with Crippen LogP contribution >= 0.6 is 0 Å². The third-order valence-electron chi connectivity index (χ3n) is 5.22. The third kappa shape index (κ3) is 6.55. The number of methoxy groups -OCH3 is 4. The van der Waals surface area contributed by atoms with E-state index in [9.17, 15) is 0 Å². The van der Waals surface area contributed by atoms with E-state index in [0.717, 1.165) is 22.6 Å². The number of ether oxygens (including phenoxy) is 6. The van der Waals surface area contributed by atoms with E-state index in [0.29, 0.717) is 18.2 Å². The van der Waals surface area contributed by atoms with Gasteiger partial charge < -0.3 is 53.2 Å². The van der Waals surface area contributed by atoms with E-state index in [1.54, 1.807) is 28.4 Å². The van der Waals surface area contributed by atoms with Gasteiger partial charge in [-0.25, -0.2) is 9.98 Å². The van der Waals surface area contributed by atoms with Crippen LogP contribution in [0.4, 0.5) is 0 Å². The molecule has 2 unspecified atom stereocenters. The van der Waals surface area contributed by atoms with E-state index in [2.05, 4.69) is 0 Å². The molecule has 0 saturated carbocycles. The Bertz CT molecular complexity index is 916. The molecule has 0 spiro atoms. The van der Waals surface area contributed by atoms with Gasteiger partial charge in [-0.15, -0.1) is 0 Å². The van der Waals surface area contributed by atoms with Crippen molar-refractivity contribution in [3.05, 3.63) is 59.7 Å². The summed E-state index contributed by atoms with van der Waals surface area (Å²) < 4.78 is 33.5. The summed E-state index contributed by atoms with van der Waals surface area (Å²) in [7, 11) is 6.46. The van der Waals surface area contributed by atoms with Crippen LogP contribution in [0, 0.1) is 0 Å². The average molecular weight is 556 g/mol. The second-order valence-corrected chi connectivity index (χ2v) is 7.11. The maximum atomic E-state index is 5.92. The van der Waals surface area contributed by atoms with Crippen LogP contribution in [0.15, 0.2) is 58.5 Å². The number of rotatable bonds is 8. The molecule has 188 valence electrons. The van der Waals surface area contributed by atoms with E-state index >= 15 is 0 Å². The summed E-state index contributed by atoms with van der Waals surface area (Å²) in [6.45, 7) is 0. The van der Waals surface area contributed by atoms with Crippen molar-refractivity contribution < 1.29 is 69.7 Å². The molecular formula is C23H26Cl2N2NiO6. The summed E-state index contributed by atoms with van der Waals surface area (Å²) in [6.07, 6.45) is -0.756. The Balaban J connectivity index is 0.00000193. The van der Waals surface area contributed by atoms with E-state index in [1.165, 1.54) is 0 Å². The van der Waals surface area contributed by atoms with E-state index in [-0.39, 0.29) is 53.4 Å². The maximum absolute atomic E-state index is 5.92. The van der Waals surface area contributed by atoms with Gasteiger partial charge in [-0.3, -0.25) is 0 Å². The molecule has 4 rings (SSSR count). The van der Waals surface area contributed by atoms with Crippen molar-refractivity contribution in [1.29, 1.82) is 0 Å². The Morgan fingerprint density at radius 2 is 1.12 bits per heavy atom. The van der Waals surface area contributed by atoms with Crippen molar-refractivity contribution in [2.75, 3.05) is 28.4 Å². The van der Waals surface area contributed by atoms with Crippen molar-refractivity contribution in [1.82, 2.24) is 0 Å². The first-order valence-corrected chi connectivity index (χ1v) is 9.95. The molecule has 0 aromatic heterocycles. The van der Waals surface area contributed by atoms with E-state index in [4.69, 9.17) is 38.4 Å². The van der Waals surface area contributed by atoms with Crippen molar-refractivity contribution in [3.8, 4) is 11.5 Å². The Hall–Kier alpha value is -2.03. The molecule has 0 amide bonds. The fourth-order valence-electron chi connectivity index (χ4n) is 3.66. The molecule has 0 saturated heterocycles. The maximum Gasteiger partial charge on any atom is 2.00 e. The second kappa shape index (κ2) is 13.8. The van der Waals surface area contributed by atoms with Gasteiger partial charge >= 0.3 is 16.5 Å². The molecular weight excluding hydrogens is 530 g/mol. The van der Waals surface area contributed by atoms with Crippen molar-refractivity contribution in [3.63, 3.8) is 0 Å². The van der Waals surface area contributed by atoms with Gasteiger partial charge in [0.05, 0.1) is 20.6 Å². The largest absolute Gasteiger partial charge is 2.00 e. The van der Waals surface area contributed by atoms with Crippen LogP contribution in [0.25, 0.3) is 0 Å². The molecule has 11 heteroatoms. The summed E-state index contributed by atoms with van der Waals surface area (Å²) in [6, 6.07) is 14.8. The molecule has 2 aliphatic heterocycles. The van der Waals surface area contributed by atoms with Gasteiger partial charge in [-0.2, -0.15) is 0 Å². The second-order valence-electron chi connectivity index (χ2n) is 7.11. The van der Waals surface area contributed by atoms with Gasteiger partial charge in [0, 0.05) is 14.2 Å². The summed E-state index contributed by atoms with van der Waals surface area (Å²) in [5.74, 6) is 2.51. The van der Waals surface area contributed by atoms with Crippen LogP contribution in [0.2, 0.25) is 0 Å². The number of benzene rings is 2. The fourth-order valence-corrected chi connectivity index (χ4v) is 3.66. The average Bonchev–Trinajstić information content (AvgIpc) is 3.43. The summed E-state index contributed by atoms with van der Waals surface area (Å²) in [5, 5.41) is 0. The van der Waals surface area contributed by atoms with Crippen molar-refractivity contribution in [2.45, 2.75) is 31.1 Å². The van der Waals surface area contributed by atoms with Crippen LogP contribution in [0.5, 0.6) is 11.5 Å². The number of hydrogen-bond donors (Lipinski definition) is 0. The molecule has 0 aliphatic carbocycles. The number of nitrogens with zero attached hydrogens (tertiary/aromatic N) is 2. The van der Waals surface area contributed by atoms with E-state index < -0.39 is 12.6 Å². The van der Waals surface area contributed by atoms with Gasteiger partial charge in [-0.05, 0) is 35.4 Å².